The number of alkyl halides is 3. The Morgan fingerprint density at radius 3 is 2.50 bits per heavy atom. The summed E-state index contributed by atoms with van der Waals surface area (Å²) in [6.07, 6.45) is -4.63. The molecule has 2 atom stereocenters. The fourth-order valence-corrected chi connectivity index (χ4v) is 4.19. The second kappa shape index (κ2) is 7.54. The van der Waals surface area contributed by atoms with Gasteiger partial charge in [-0.15, -0.1) is 11.3 Å². The number of thiazole rings is 1. The number of hydrogen-bond donors (Lipinski definition) is 0. The van der Waals surface area contributed by atoms with Crippen molar-refractivity contribution in [3.05, 3.63) is 15.6 Å². The van der Waals surface area contributed by atoms with E-state index in [1.807, 2.05) is 27.7 Å². The Hall–Kier alpha value is -1.64. The standard InChI is InChI=1S/C17H24F3N3O2S/c1-9(2)15-21-10(3)14(26-15)11(4)22(5)16(25)12-6-13(24)23(7-12)8-17(18,19)20/h9,11-12H,6-8H2,1-5H3/t11-,12+/m0/s1. The van der Waals surface area contributed by atoms with Crippen LogP contribution in [0.1, 0.15) is 54.7 Å². The first kappa shape index (κ1) is 20.7. The normalized spacial score (nSPS) is 19.3. The highest BCUT2D eigenvalue weighted by molar-refractivity contribution is 7.11. The number of amides is 2. The molecule has 9 heteroatoms. The number of carbonyl (C=O) groups is 2. The van der Waals surface area contributed by atoms with Gasteiger partial charge in [-0.05, 0) is 13.8 Å². The van der Waals surface area contributed by atoms with E-state index in [9.17, 15) is 22.8 Å². The van der Waals surface area contributed by atoms with Gasteiger partial charge in [0.1, 0.15) is 6.54 Å². The lowest BCUT2D eigenvalue weighted by Crippen LogP contribution is -2.38. The summed E-state index contributed by atoms with van der Waals surface area (Å²) in [5.74, 6) is -1.40. The number of nitrogens with zero attached hydrogens (tertiary/aromatic N) is 3. The third kappa shape index (κ3) is 4.55. The molecule has 2 rings (SSSR count). The van der Waals surface area contributed by atoms with Gasteiger partial charge in [0, 0.05) is 30.8 Å². The topological polar surface area (TPSA) is 53.5 Å². The average molecular weight is 391 g/mol. The van der Waals surface area contributed by atoms with Crippen LogP contribution in [-0.4, -0.2) is 52.9 Å². The van der Waals surface area contributed by atoms with Crippen molar-refractivity contribution in [2.24, 2.45) is 5.92 Å². The van der Waals surface area contributed by atoms with E-state index < -0.39 is 24.5 Å². The number of carbonyl (C=O) groups excluding carboxylic acids is 2. The molecule has 1 aliphatic rings. The van der Waals surface area contributed by atoms with Crippen molar-refractivity contribution >= 4 is 23.2 Å². The van der Waals surface area contributed by atoms with E-state index in [-0.39, 0.29) is 30.8 Å². The Kier molecular flexibility index (Phi) is 5.99. The molecule has 2 amide bonds. The van der Waals surface area contributed by atoms with Gasteiger partial charge in [-0.2, -0.15) is 13.2 Å². The molecule has 0 bridgehead atoms. The number of likely N-dealkylation sites (tertiary alicyclic amines) is 1. The highest BCUT2D eigenvalue weighted by Gasteiger charge is 2.42. The van der Waals surface area contributed by atoms with Crippen molar-refractivity contribution < 1.29 is 22.8 Å². The molecule has 0 aromatic carbocycles. The van der Waals surface area contributed by atoms with Crippen LogP contribution in [0.15, 0.2) is 0 Å². The quantitative estimate of drug-likeness (QED) is 0.772. The van der Waals surface area contributed by atoms with Crippen molar-refractivity contribution in [2.45, 2.75) is 52.3 Å². The Balaban J connectivity index is 2.08. The van der Waals surface area contributed by atoms with Crippen LogP contribution in [0.4, 0.5) is 13.2 Å². The van der Waals surface area contributed by atoms with Crippen LogP contribution in [0.25, 0.3) is 0 Å². The molecule has 0 saturated carbocycles. The molecule has 0 N–H and O–H groups in total. The third-order valence-electron chi connectivity index (χ3n) is 4.58. The van der Waals surface area contributed by atoms with Crippen LogP contribution in [0.5, 0.6) is 0 Å². The predicted molar refractivity (Wildman–Crippen MR) is 92.9 cm³/mol. The minimum atomic E-state index is -4.46. The van der Waals surface area contributed by atoms with Gasteiger partial charge in [0.2, 0.25) is 11.8 Å². The zero-order valence-electron chi connectivity index (χ0n) is 15.6. The zero-order valence-corrected chi connectivity index (χ0v) is 16.4. The maximum atomic E-state index is 12.7. The van der Waals surface area contributed by atoms with Crippen LogP contribution in [0.2, 0.25) is 0 Å². The number of hydrogen-bond acceptors (Lipinski definition) is 4. The molecular formula is C17H24F3N3O2S. The summed E-state index contributed by atoms with van der Waals surface area (Å²) in [7, 11) is 1.62. The lowest BCUT2D eigenvalue weighted by Gasteiger charge is -2.27. The van der Waals surface area contributed by atoms with Crippen LogP contribution < -0.4 is 0 Å². The molecule has 1 fully saturated rings. The summed E-state index contributed by atoms with van der Waals surface area (Å²) in [5, 5.41) is 0.984. The molecule has 1 aliphatic heterocycles. The molecule has 0 aliphatic carbocycles. The smallest absolute Gasteiger partial charge is 0.338 e. The van der Waals surface area contributed by atoms with Crippen LogP contribution in [0, 0.1) is 12.8 Å². The first-order chi connectivity index (χ1) is 11.9. The van der Waals surface area contributed by atoms with Crippen LogP contribution in [0.3, 0.4) is 0 Å². The summed E-state index contributed by atoms with van der Waals surface area (Å²) in [6, 6.07) is -0.251. The monoisotopic (exact) mass is 391 g/mol. The van der Waals surface area contributed by atoms with Gasteiger partial charge in [-0.1, -0.05) is 13.8 Å². The summed E-state index contributed by atoms with van der Waals surface area (Å²) < 4.78 is 37.6. The summed E-state index contributed by atoms with van der Waals surface area (Å²) in [6.45, 7) is 6.35. The first-order valence-corrected chi connectivity index (χ1v) is 9.30. The van der Waals surface area contributed by atoms with E-state index >= 15 is 0 Å². The van der Waals surface area contributed by atoms with E-state index in [0.29, 0.717) is 0 Å². The lowest BCUT2D eigenvalue weighted by atomic mass is 10.1. The maximum Gasteiger partial charge on any atom is 0.406 e. The van der Waals surface area contributed by atoms with Gasteiger partial charge in [0.25, 0.3) is 0 Å². The molecule has 1 aromatic heterocycles. The highest BCUT2D eigenvalue weighted by atomic mass is 32.1. The van der Waals surface area contributed by atoms with Gasteiger partial charge in [-0.25, -0.2) is 4.98 Å². The Morgan fingerprint density at radius 2 is 2.00 bits per heavy atom. The number of rotatable bonds is 5. The van der Waals surface area contributed by atoms with E-state index in [2.05, 4.69) is 4.98 Å². The second-order valence-corrected chi connectivity index (χ2v) is 8.13. The number of halogens is 3. The van der Waals surface area contributed by atoms with Crippen molar-refractivity contribution in [1.29, 1.82) is 0 Å². The van der Waals surface area contributed by atoms with Gasteiger partial charge >= 0.3 is 6.18 Å². The van der Waals surface area contributed by atoms with Gasteiger partial charge in [-0.3, -0.25) is 9.59 Å². The van der Waals surface area contributed by atoms with Crippen molar-refractivity contribution in [3.8, 4) is 0 Å². The first-order valence-electron chi connectivity index (χ1n) is 8.49. The Bertz CT molecular complexity index is 687. The number of aromatic nitrogens is 1. The van der Waals surface area contributed by atoms with Gasteiger partial charge in [0.05, 0.1) is 22.7 Å². The lowest BCUT2D eigenvalue weighted by molar-refractivity contribution is -0.157. The molecule has 1 saturated heterocycles. The van der Waals surface area contributed by atoms with E-state index in [0.717, 1.165) is 20.5 Å². The fourth-order valence-electron chi connectivity index (χ4n) is 3.03. The average Bonchev–Trinajstić information content (AvgIpc) is 3.07. The molecule has 2 heterocycles. The zero-order chi connectivity index (χ0) is 19.8. The summed E-state index contributed by atoms with van der Waals surface area (Å²) in [4.78, 5) is 32.2. The Morgan fingerprint density at radius 1 is 1.38 bits per heavy atom. The van der Waals surface area contributed by atoms with Crippen molar-refractivity contribution in [3.63, 3.8) is 0 Å². The van der Waals surface area contributed by atoms with Crippen LogP contribution >= 0.6 is 11.3 Å². The molecule has 5 nitrogen and oxygen atoms in total. The minimum absolute atomic E-state index is 0.176. The maximum absolute atomic E-state index is 12.7. The Labute approximate surface area is 155 Å². The molecule has 1 aromatic rings. The SMILES string of the molecule is Cc1nc(C(C)C)sc1[C@H](C)N(C)C(=O)[C@@H]1CC(=O)N(CC(F)(F)F)C1. The van der Waals surface area contributed by atoms with E-state index in [1.165, 1.54) is 4.90 Å². The fraction of sp³-hybridized carbons (Fsp3) is 0.706. The second-order valence-electron chi connectivity index (χ2n) is 7.07. The summed E-state index contributed by atoms with van der Waals surface area (Å²) in [5.41, 5.74) is 0.854. The van der Waals surface area contributed by atoms with E-state index in [1.54, 1.807) is 18.4 Å². The van der Waals surface area contributed by atoms with E-state index in [4.69, 9.17) is 0 Å². The van der Waals surface area contributed by atoms with Gasteiger partial charge in [0.15, 0.2) is 0 Å². The third-order valence-corrected chi connectivity index (χ3v) is 6.21. The molecular weight excluding hydrogens is 367 g/mol. The molecule has 146 valence electrons. The molecule has 0 spiro atoms. The predicted octanol–water partition coefficient (Wildman–Crippen LogP) is 3.51. The molecule has 26 heavy (non-hydrogen) atoms. The number of aryl methyl sites for hydroxylation is 1. The largest absolute Gasteiger partial charge is 0.406 e. The highest BCUT2D eigenvalue weighted by Crippen LogP contribution is 2.33. The summed E-state index contributed by atoms with van der Waals surface area (Å²) >= 11 is 1.54. The van der Waals surface area contributed by atoms with Gasteiger partial charge < -0.3 is 9.80 Å². The minimum Gasteiger partial charge on any atom is -0.338 e. The van der Waals surface area contributed by atoms with Crippen molar-refractivity contribution in [1.82, 2.24) is 14.8 Å². The molecule has 0 unspecified atom stereocenters. The van der Waals surface area contributed by atoms with Crippen molar-refractivity contribution in [2.75, 3.05) is 20.1 Å². The molecule has 0 radical (unpaired) electrons. The van der Waals surface area contributed by atoms with Crippen LogP contribution in [-0.2, 0) is 9.59 Å².